The van der Waals surface area contributed by atoms with E-state index in [2.05, 4.69) is 10.1 Å². The normalized spacial score (nSPS) is 12.9. The molecule has 8 nitrogen and oxygen atoms in total. The Bertz CT molecular complexity index is 1290. The van der Waals surface area contributed by atoms with E-state index in [0.29, 0.717) is 28.7 Å². The first-order valence-electron chi connectivity index (χ1n) is 10.1. The number of benzene rings is 1. The van der Waals surface area contributed by atoms with Crippen LogP contribution < -0.4 is 5.73 Å². The highest BCUT2D eigenvalue weighted by atomic mass is 35.5. The molecule has 3 aromatic rings. The quantitative estimate of drug-likeness (QED) is 0.519. The number of hydrogen-bond acceptors (Lipinski definition) is 5. The highest BCUT2D eigenvalue weighted by Gasteiger charge is 2.38. The van der Waals surface area contributed by atoms with Crippen molar-refractivity contribution in [2.45, 2.75) is 32.7 Å². The number of carboxylic acid groups (broad SMARTS) is 1. The first-order chi connectivity index (χ1) is 16.3. The van der Waals surface area contributed by atoms with Crippen LogP contribution in [0.3, 0.4) is 0 Å². The summed E-state index contributed by atoms with van der Waals surface area (Å²) in [6.07, 6.45) is -3.23. The van der Waals surface area contributed by atoms with Crippen molar-refractivity contribution in [2.24, 2.45) is 12.8 Å². The fourth-order valence-corrected chi connectivity index (χ4v) is 4.17. The molecule has 13 heteroatoms. The Hall–Kier alpha value is -3.15. The zero-order chi connectivity index (χ0) is 26.1. The lowest BCUT2D eigenvalue weighted by Gasteiger charge is -2.16. The second kappa shape index (κ2) is 10.2. The number of nitrogens with two attached hydrogens (primary N) is 1. The predicted octanol–water partition coefficient (Wildman–Crippen LogP) is 4.35. The summed E-state index contributed by atoms with van der Waals surface area (Å²) in [4.78, 5) is 28.6. The number of alkyl halides is 3. The van der Waals surface area contributed by atoms with Crippen molar-refractivity contribution in [3.63, 3.8) is 0 Å². The van der Waals surface area contributed by atoms with Crippen molar-refractivity contribution in [2.75, 3.05) is 0 Å². The van der Waals surface area contributed by atoms with Crippen molar-refractivity contribution >= 4 is 35.1 Å². The van der Waals surface area contributed by atoms with E-state index in [1.54, 1.807) is 21.7 Å². The van der Waals surface area contributed by atoms with Gasteiger partial charge in [0.25, 0.3) is 5.91 Å². The van der Waals surface area contributed by atoms with E-state index >= 15 is 0 Å². The van der Waals surface area contributed by atoms with Crippen LogP contribution >= 0.6 is 23.2 Å². The molecule has 3 N–H and O–H groups in total. The molecule has 0 fully saturated rings. The fraction of sp³-hybridized carbons (Fsp3) is 0.273. The molecule has 0 saturated heterocycles. The van der Waals surface area contributed by atoms with Gasteiger partial charge in [-0.2, -0.15) is 18.3 Å². The maximum atomic E-state index is 13.3. The minimum Gasteiger partial charge on any atom is -0.475 e. The number of aliphatic carboxylic acids is 1. The van der Waals surface area contributed by atoms with Crippen LogP contribution in [-0.4, -0.2) is 42.8 Å². The van der Waals surface area contributed by atoms with Crippen LogP contribution in [0.2, 0.25) is 10.0 Å². The molecule has 2 aromatic heterocycles. The van der Waals surface area contributed by atoms with Crippen molar-refractivity contribution in [1.82, 2.24) is 19.7 Å². The zero-order valence-electron chi connectivity index (χ0n) is 18.5. The van der Waals surface area contributed by atoms with Gasteiger partial charge in [-0.15, -0.1) is 0 Å². The smallest absolute Gasteiger partial charge is 0.475 e. The van der Waals surface area contributed by atoms with Crippen LogP contribution in [0.4, 0.5) is 13.2 Å². The largest absolute Gasteiger partial charge is 0.490 e. The van der Waals surface area contributed by atoms with Crippen molar-refractivity contribution < 1.29 is 27.9 Å². The molecular formula is C22H20Cl2F3N5O3. The summed E-state index contributed by atoms with van der Waals surface area (Å²) in [6.45, 7) is 3.01. The highest BCUT2D eigenvalue weighted by molar-refractivity contribution is 6.36. The Morgan fingerprint density at radius 1 is 1.23 bits per heavy atom. The van der Waals surface area contributed by atoms with Crippen molar-refractivity contribution in [3.8, 4) is 11.1 Å². The molecule has 0 radical (unpaired) electrons. The lowest BCUT2D eigenvalue weighted by Crippen LogP contribution is -2.24. The van der Waals surface area contributed by atoms with Crippen LogP contribution in [0.15, 0.2) is 30.5 Å². The van der Waals surface area contributed by atoms with Gasteiger partial charge < -0.3 is 15.7 Å². The molecule has 0 atom stereocenters. The van der Waals surface area contributed by atoms with E-state index in [0.717, 1.165) is 33.8 Å². The standard InChI is InChI=1S/C20H19Cl2N5O.C2HF3O2/c1-11-15(8-23)18(14-4-3-12(21)7-16(14)22)19-17(24-11)10-27(20(19)28)9-13-5-6-26(2)25-13;3-2(4,5)1(6)7/h3-7H,8-10,23H2,1-2H3;(H,6,7). The van der Waals surface area contributed by atoms with Crippen LogP contribution in [0, 0.1) is 6.92 Å². The summed E-state index contributed by atoms with van der Waals surface area (Å²) >= 11 is 12.5. The number of aromatic nitrogens is 3. The van der Waals surface area contributed by atoms with E-state index in [-0.39, 0.29) is 12.5 Å². The Morgan fingerprint density at radius 3 is 2.40 bits per heavy atom. The van der Waals surface area contributed by atoms with E-state index in [1.165, 1.54) is 0 Å². The summed E-state index contributed by atoms with van der Waals surface area (Å²) in [7, 11) is 1.85. The molecule has 4 rings (SSSR count). The second-order valence-corrected chi connectivity index (χ2v) is 8.49. The van der Waals surface area contributed by atoms with Crippen LogP contribution in [0.25, 0.3) is 11.1 Å². The minimum absolute atomic E-state index is 0.0936. The molecule has 186 valence electrons. The number of carboxylic acids is 1. The van der Waals surface area contributed by atoms with Crippen molar-refractivity contribution in [1.29, 1.82) is 0 Å². The molecule has 0 saturated carbocycles. The number of halogens is 5. The maximum absolute atomic E-state index is 13.3. The van der Waals surface area contributed by atoms with Gasteiger partial charge in [0.1, 0.15) is 0 Å². The Balaban J connectivity index is 0.000000429. The first kappa shape index (κ1) is 26.5. The van der Waals surface area contributed by atoms with Gasteiger partial charge in [0, 0.05) is 46.7 Å². The van der Waals surface area contributed by atoms with Gasteiger partial charge in [-0.25, -0.2) is 4.79 Å². The van der Waals surface area contributed by atoms with Crippen LogP contribution in [-0.2, 0) is 31.5 Å². The topological polar surface area (TPSA) is 114 Å². The number of pyridine rings is 1. The number of hydrogen-bond donors (Lipinski definition) is 2. The van der Waals surface area contributed by atoms with Gasteiger partial charge in [0.05, 0.1) is 30.0 Å². The predicted molar refractivity (Wildman–Crippen MR) is 123 cm³/mol. The number of carbonyl (C=O) groups excluding carboxylic acids is 1. The molecule has 35 heavy (non-hydrogen) atoms. The van der Waals surface area contributed by atoms with E-state index < -0.39 is 12.1 Å². The molecule has 0 bridgehead atoms. The van der Waals surface area contributed by atoms with Gasteiger partial charge in [-0.3, -0.25) is 14.5 Å². The molecule has 0 unspecified atom stereocenters. The summed E-state index contributed by atoms with van der Waals surface area (Å²) in [5.74, 6) is -2.85. The second-order valence-electron chi connectivity index (χ2n) is 7.65. The summed E-state index contributed by atoms with van der Waals surface area (Å²) in [5, 5.41) is 12.5. The molecule has 1 aliphatic heterocycles. The van der Waals surface area contributed by atoms with Crippen molar-refractivity contribution in [3.05, 3.63) is 68.7 Å². The lowest BCUT2D eigenvalue weighted by molar-refractivity contribution is -0.192. The van der Waals surface area contributed by atoms with E-state index in [9.17, 15) is 18.0 Å². The first-order valence-corrected chi connectivity index (χ1v) is 10.8. The third-order valence-electron chi connectivity index (χ3n) is 5.19. The molecule has 0 aliphatic carbocycles. The van der Waals surface area contributed by atoms with E-state index in [1.807, 2.05) is 32.3 Å². The average molecular weight is 530 g/mol. The third-order valence-corrected chi connectivity index (χ3v) is 5.74. The fourth-order valence-electron chi connectivity index (χ4n) is 3.67. The van der Waals surface area contributed by atoms with Crippen LogP contribution in [0.5, 0.6) is 0 Å². The number of rotatable bonds is 4. The van der Waals surface area contributed by atoms with Gasteiger partial charge in [0.2, 0.25) is 0 Å². The monoisotopic (exact) mass is 529 g/mol. The molecule has 1 aromatic carbocycles. The molecule has 1 amide bonds. The molecule has 3 heterocycles. The SMILES string of the molecule is Cc1nc2c(c(-c3ccc(Cl)cc3Cl)c1CN)C(=O)N(Cc1ccn(C)n1)C2.O=C(O)C(F)(F)F. The molecular weight excluding hydrogens is 510 g/mol. The molecule has 0 spiro atoms. The van der Waals surface area contributed by atoms with Gasteiger partial charge in [-0.05, 0) is 30.7 Å². The Morgan fingerprint density at radius 2 is 1.89 bits per heavy atom. The Labute approximate surface area is 208 Å². The maximum Gasteiger partial charge on any atom is 0.490 e. The van der Waals surface area contributed by atoms with Gasteiger partial charge in [0.15, 0.2) is 0 Å². The van der Waals surface area contributed by atoms with E-state index in [4.69, 9.17) is 38.8 Å². The number of carbonyl (C=O) groups is 2. The highest BCUT2D eigenvalue weighted by Crippen LogP contribution is 2.40. The van der Waals surface area contributed by atoms with Gasteiger partial charge >= 0.3 is 12.1 Å². The summed E-state index contributed by atoms with van der Waals surface area (Å²) < 4.78 is 33.5. The van der Waals surface area contributed by atoms with Gasteiger partial charge in [-0.1, -0.05) is 29.3 Å². The average Bonchev–Trinajstić information content (AvgIpc) is 3.30. The number of fused-ring (bicyclic) bond motifs is 1. The minimum atomic E-state index is -5.08. The third kappa shape index (κ3) is 5.75. The Kier molecular flexibility index (Phi) is 7.73. The van der Waals surface area contributed by atoms with Crippen LogP contribution in [0.1, 0.15) is 33.0 Å². The summed E-state index contributed by atoms with van der Waals surface area (Å²) in [5.41, 5.74) is 11.2. The lowest BCUT2D eigenvalue weighted by atomic mass is 9.93. The zero-order valence-corrected chi connectivity index (χ0v) is 20.0. The number of amides is 1. The number of aryl methyl sites for hydroxylation is 2. The molecule has 1 aliphatic rings. The summed E-state index contributed by atoms with van der Waals surface area (Å²) in [6, 6.07) is 7.16. The number of nitrogens with zero attached hydrogens (tertiary/aromatic N) is 4.